The standard InChI is InChI=1S/C14H17ClN2O5S/c15-11-4-2-10(3-5-11)13(14(19)20)16-12(18)6-8-17-7-1-9-23(17,21)22/h2-5,13H,1,6-9H2,(H,16,18)(H,19,20). The van der Waals surface area contributed by atoms with E-state index in [1.165, 1.54) is 28.6 Å². The van der Waals surface area contributed by atoms with E-state index in [-0.39, 0.29) is 18.7 Å². The number of hydrogen-bond acceptors (Lipinski definition) is 4. The molecule has 126 valence electrons. The number of carboxylic acids is 1. The second-order valence-corrected chi connectivity index (χ2v) is 7.73. The molecule has 1 aliphatic heterocycles. The van der Waals surface area contributed by atoms with Gasteiger partial charge in [-0.25, -0.2) is 17.5 Å². The minimum atomic E-state index is -3.26. The number of hydrogen-bond donors (Lipinski definition) is 2. The lowest BCUT2D eigenvalue weighted by molar-refractivity contribution is -0.142. The summed E-state index contributed by atoms with van der Waals surface area (Å²) < 4.78 is 24.5. The number of rotatable bonds is 6. The van der Waals surface area contributed by atoms with Gasteiger partial charge in [-0.1, -0.05) is 23.7 Å². The fourth-order valence-electron chi connectivity index (χ4n) is 2.34. The lowest BCUT2D eigenvalue weighted by atomic mass is 10.1. The fraction of sp³-hybridized carbons (Fsp3) is 0.429. The second kappa shape index (κ2) is 7.29. The van der Waals surface area contributed by atoms with Crippen molar-refractivity contribution in [2.75, 3.05) is 18.8 Å². The van der Waals surface area contributed by atoms with E-state index in [4.69, 9.17) is 11.6 Å². The third kappa shape index (κ3) is 4.66. The lowest BCUT2D eigenvalue weighted by Gasteiger charge is -2.17. The summed E-state index contributed by atoms with van der Waals surface area (Å²) in [5, 5.41) is 12.1. The van der Waals surface area contributed by atoms with Crippen LogP contribution in [0, 0.1) is 0 Å². The van der Waals surface area contributed by atoms with Crippen molar-refractivity contribution in [2.45, 2.75) is 18.9 Å². The van der Waals surface area contributed by atoms with Gasteiger partial charge in [0.15, 0.2) is 6.04 Å². The first-order valence-corrected chi connectivity index (χ1v) is 9.04. The Hall–Kier alpha value is -1.64. The van der Waals surface area contributed by atoms with Crippen LogP contribution < -0.4 is 5.32 Å². The molecule has 1 heterocycles. The van der Waals surface area contributed by atoms with Crippen molar-refractivity contribution in [3.05, 3.63) is 34.9 Å². The number of benzene rings is 1. The molecule has 1 aliphatic rings. The van der Waals surface area contributed by atoms with Crippen molar-refractivity contribution in [2.24, 2.45) is 0 Å². The van der Waals surface area contributed by atoms with E-state index in [0.29, 0.717) is 23.6 Å². The van der Waals surface area contributed by atoms with E-state index in [1.807, 2.05) is 0 Å². The molecule has 0 bridgehead atoms. The molecule has 23 heavy (non-hydrogen) atoms. The molecular formula is C14H17ClN2O5S. The first kappa shape index (κ1) is 17.7. The molecule has 2 N–H and O–H groups in total. The maximum absolute atomic E-state index is 11.9. The van der Waals surface area contributed by atoms with Crippen LogP contribution in [0.3, 0.4) is 0 Å². The Morgan fingerprint density at radius 3 is 2.48 bits per heavy atom. The van der Waals surface area contributed by atoms with Crippen LogP contribution in [-0.4, -0.2) is 48.5 Å². The van der Waals surface area contributed by atoms with E-state index in [0.717, 1.165) is 0 Å². The number of amides is 1. The number of halogens is 1. The first-order valence-electron chi connectivity index (χ1n) is 7.05. The van der Waals surface area contributed by atoms with Gasteiger partial charge in [0, 0.05) is 24.5 Å². The Morgan fingerprint density at radius 2 is 1.96 bits per heavy atom. The molecule has 1 saturated heterocycles. The molecule has 0 saturated carbocycles. The van der Waals surface area contributed by atoms with Crippen molar-refractivity contribution < 1.29 is 23.1 Å². The van der Waals surface area contributed by atoms with Crippen LogP contribution in [0.1, 0.15) is 24.4 Å². The predicted octanol–water partition coefficient (Wildman–Crippen LogP) is 1.01. The largest absolute Gasteiger partial charge is 0.479 e. The Morgan fingerprint density at radius 1 is 1.30 bits per heavy atom. The van der Waals surface area contributed by atoms with Crippen molar-refractivity contribution in [1.82, 2.24) is 9.62 Å². The monoisotopic (exact) mass is 360 g/mol. The highest BCUT2D eigenvalue weighted by Crippen LogP contribution is 2.18. The van der Waals surface area contributed by atoms with Gasteiger partial charge in [0.25, 0.3) is 0 Å². The molecule has 1 atom stereocenters. The minimum absolute atomic E-state index is 0.0567. The average Bonchev–Trinajstić information content (AvgIpc) is 2.82. The molecule has 2 rings (SSSR count). The Balaban J connectivity index is 1.96. The smallest absolute Gasteiger partial charge is 0.330 e. The van der Waals surface area contributed by atoms with Gasteiger partial charge in [-0.2, -0.15) is 0 Å². The molecular weight excluding hydrogens is 344 g/mol. The van der Waals surface area contributed by atoms with Crippen LogP contribution in [0.4, 0.5) is 0 Å². The van der Waals surface area contributed by atoms with Gasteiger partial charge in [-0.15, -0.1) is 0 Å². The van der Waals surface area contributed by atoms with Crippen LogP contribution >= 0.6 is 11.6 Å². The summed E-state index contributed by atoms with van der Waals surface area (Å²) in [6.45, 7) is 0.455. The molecule has 1 fully saturated rings. The zero-order valence-electron chi connectivity index (χ0n) is 12.2. The molecule has 9 heteroatoms. The molecule has 0 aliphatic carbocycles. The van der Waals surface area contributed by atoms with Crippen molar-refractivity contribution in [3.63, 3.8) is 0 Å². The predicted molar refractivity (Wildman–Crippen MR) is 84.6 cm³/mol. The van der Waals surface area contributed by atoms with Crippen LogP contribution in [-0.2, 0) is 19.6 Å². The number of carboxylic acid groups (broad SMARTS) is 1. The Kier molecular flexibility index (Phi) is 5.61. The second-order valence-electron chi connectivity index (χ2n) is 5.21. The highest BCUT2D eigenvalue weighted by atomic mass is 35.5. The average molecular weight is 361 g/mol. The van der Waals surface area contributed by atoms with Crippen molar-refractivity contribution >= 4 is 33.5 Å². The molecule has 0 radical (unpaired) electrons. The summed E-state index contributed by atoms with van der Waals surface area (Å²) in [7, 11) is -3.26. The number of sulfonamides is 1. The highest BCUT2D eigenvalue weighted by molar-refractivity contribution is 7.89. The van der Waals surface area contributed by atoms with Crippen LogP contribution in [0.2, 0.25) is 5.02 Å². The Labute approximate surface area is 139 Å². The van der Waals surface area contributed by atoms with E-state index in [9.17, 15) is 23.1 Å². The third-order valence-corrected chi connectivity index (χ3v) is 5.76. The number of carbonyl (C=O) groups excluding carboxylic acids is 1. The maximum atomic E-state index is 11.9. The van der Waals surface area contributed by atoms with E-state index in [2.05, 4.69) is 5.32 Å². The van der Waals surface area contributed by atoms with Gasteiger partial charge < -0.3 is 10.4 Å². The van der Waals surface area contributed by atoms with E-state index >= 15 is 0 Å². The van der Waals surface area contributed by atoms with Crippen LogP contribution in [0.15, 0.2) is 24.3 Å². The van der Waals surface area contributed by atoms with Gasteiger partial charge >= 0.3 is 5.97 Å². The van der Waals surface area contributed by atoms with Crippen molar-refractivity contribution in [1.29, 1.82) is 0 Å². The van der Waals surface area contributed by atoms with Gasteiger partial charge in [-0.05, 0) is 24.1 Å². The number of nitrogens with one attached hydrogen (secondary N) is 1. The topological polar surface area (TPSA) is 104 Å². The minimum Gasteiger partial charge on any atom is -0.479 e. The van der Waals surface area contributed by atoms with Gasteiger partial charge in [0.2, 0.25) is 15.9 Å². The fourth-order valence-corrected chi connectivity index (χ4v) is 4.00. The summed E-state index contributed by atoms with van der Waals surface area (Å²) in [5.74, 6) is -1.62. The first-order chi connectivity index (χ1) is 10.8. The quantitative estimate of drug-likeness (QED) is 0.787. The van der Waals surface area contributed by atoms with Gasteiger partial charge in [0.1, 0.15) is 0 Å². The summed E-state index contributed by atoms with van der Waals surface area (Å²) in [5.41, 5.74) is 0.393. The third-order valence-electron chi connectivity index (χ3n) is 3.55. The van der Waals surface area contributed by atoms with Crippen LogP contribution in [0.5, 0.6) is 0 Å². The molecule has 1 amide bonds. The molecule has 1 unspecified atom stereocenters. The van der Waals surface area contributed by atoms with E-state index < -0.39 is 27.9 Å². The molecule has 1 aromatic rings. The highest BCUT2D eigenvalue weighted by Gasteiger charge is 2.29. The van der Waals surface area contributed by atoms with E-state index in [1.54, 1.807) is 0 Å². The summed E-state index contributed by atoms with van der Waals surface area (Å²) >= 11 is 5.75. The number of nitrogens with zero attached hydrogens (tertiary/aromatic N) is 1. The van der Waals surface area contributed by atoms with Gasteiger partial charge in [-0.3, -0.25) is 4.79 Å². The zero-order valence-corrected chi connectivity index (χ0v) is 13.8. The molecule has 0 spiro atoms. The van der Waals surface area contributed by atoms with Gasteiger partial charge in [0.05, 0.1) is 5.75 Å². The number of aliphatic carboxylic acids is 1. The van der Waals surface area contributed by atoms with Crippen LogP contribution in [0.25, 0.3) is 0 Å². The summed E-state index contributed by atoms with van der Waals surface area (Å²) in [4.78, 5) is 23.3. The zero-order chi connectivity index (χ0) is 17.0. The molecule has 1 aromatic carbocycles. The normalized spacial score (nSPS) is 18.5. The van der Waals surface area contributed by atoms with Crippen molar-refractivity contribution in [3.8, 4) is 0 Å². The maximum Gasteiger partial charge on any atom is 0.330 e. The summed E-state index contributed by atoms with van der Waals surface area (Å²) in [6, 6.07) is 4.92. The SMILES string of the molecule is O=C(CCN1CCCS1(=O)=O)NC(C(=O)O)c1ccc(Cl)cc1. The Bertz CT molecular complexity index is 690. The lowest BCUT2D eigenvalue weighted by Crippen LogP contribution is -2.36. The molecule has 7 nitrogen and oxygen atoms in total. The summed E-state index contributed by atoms with van der Waals surface area (Å²) in [6.07, 6.45) is 0.461. The number of carbonyl (C=O) groups is 2. The molecule has 0 aromatic heterocycles.